The molecule has 2 aromatic carbocycles. The molecule has 2 aromatic rings. The number of nitrogens with zero attached hydrogens (tertiary/aromatic N) is 1. The maximum atomic E-state index is 12.6. The zero-order chi connectivity index (χ0) is 18.8. The van der Waals surface area contributed by atoms with Crippen LogP contribution in [0.15, 0.2) is 52.3 Å². The van der Waals surface area contributed by atoms with E-state index in [1.54, 1.807) is 0 Å². The predicted molar refractivity (Wildman–Crippen MR) is 90.0 cm³/mol. The molecule has 0 amide bonds. The number of nitrogens with one attached hydrogen (secondary N) is 1. The van der Waals surface area contributed by atoms with Crippen LogP contribution < -0.4 is 9.46 Å². The normalized spacial score (nSPS) is 11.8. The van der Waals surface area contributed by atoms with Crippen molar-refractivity contribution < 1.29 is 26.5 Å². The van der Waals surface area contributed by atoms with Gasteiger partial charge in [-0.3, -0.25) is 14.8 Å². The molecule has 134 valence electrons. The van der Waals surface area contributed by atoms with Gasteiger partial charge in [0.25, 0.3) is 5.69 Å². The second-order valence-corrected chi connectivity index (χ2v) is 8.69. The molecule has 0 bridgehead atoms. The highest BCUT2D eigenvalue weighted by Crippen LogP contribution is 2.31. The Kier molecular flexibility index (Phi) is 4.99. The zero-order valence-electron chi connectivity index (χ0n) is 13.2. The van der Waals surface area contributed by atoms with Crippen LogP contribution in [-0.4, -0.2) is 35.1 Å². The van der Waals surface area contributed by atoms with Crippen LogP contribution in [0.5, 0.6) is 5.75 Å². The number of hydrogen-bond acceptors (Lipinski definition) is 7. The fourth-order valence-electron chi connectivity index (χ4n) is 2.01. The molecule has 2 rings (SSSR count). The lowest BCUT2D eigenvalue weighted by atomic mass is 10.3. The van der Waals surface area contributed by atoms with Gasteiger partial charge in [-0.15, -0.1) is 0 Å². The first-order valence-electron chi connectivity index (χ1n) is 6.70. The van der Waals surface area contributed by atoms with Gasteiger partial charge in [0.1, 0.15) is 11.4 Å². The highest BCUT2D eigenvalue weighted by Gasteiger charge is 2.24. The Morgan fingerprint density at radius 3 is 2.04 bits per heavy atom. The first-order valence-corrected chi connectivity index (χ1v) is 10.1. The monoisotopic (exact) mass is 386 g/mol. The van der Waals surface area contributed by atoms with Crippen molar-refractivity contribution in [1.82, 2.24) is 0 Å². The molecule has 0 aliphatic heterocycles. The molecule has 0 saturated heterocycles. The second kappa shape index (κ2) is 6.69. The Balaban J connectivity index is 2.54. The number of hydrogen-bond donors (Lipinski definition) is 1. The lowest BCUT2D eigenvalue weighted by Crippen LogP contribution is -2.12. The molecule has 0 fully saturated rings. The third kappa shape index (κ3) is 4.25. The number of rotatable bonds is 6. The molecule has 9 nitrogen and oxygen atoms in total. The van der Waals surface area contributed by atoms with Crippen LogP contribution in [0.1, 0.15) is 0 Å². The first-order chi connectivity index (χ1) is 11.5. The number of nitro groups is 1. The zero-order valence-corrected chi connectivity index (χ0v) is 14.8. The molecule has 0 spiro atoms. The van der Waals surface area contributed by atoms with E-state index in [2.05, 4.69) is 0 Å². The van der Waals surface area contributed by atoms with Gasteiger partial charge in [-0.05, 0) is 36.4 Å². The van der Waals surface area contributed by atoms with Gasteiger partial charge in [-0.25, -0.2) is 16.8 Å². The lowest BCUT2D eigenvalue weighted by Gasteiger charge is -2.09. The number of sulfone groups is 1. The summed E-state index contributed by atoms with van der Waals surface area (Å²) in [7, 11) is -6.35. The fraction of sp³-hybridized carbons (Fsp3) is 0.143. The minimum atomic E-state index is -4.02. The van der Waals surface area contributed by atoms with Crippen LogP contribution in [0.25, 0.3) is 0 Å². The molecule has 0 atom stereocenters. The molecule has 0 heterocycles. The third-order valence-corrected chi connectivity index (χ3v) is 5.50. The van der Waals surface area contributed by atoms with Gasteiger partial charge >= 0.3 is 0 Å². The van der Waals surface area contributed by atoms with Crippen molar-refractivity contribution in [3.05, 3.63) is 52.6 Å². The quantitative estimate of drug-likeness (QED) is 0.591. The van der Waals surface area contributed by atoms with Crippen molar-refractivity contribution in [3.63, 3.8) is 0 Å². The molecule has 0 radical (unpaired) electrons. The van der Waals surface area contributed by atoms with Crippen molar-refractivity contribution in [1.29, 1.82) is 0 Å². The van der Waals surface area contributed by atoms with Crippen LogP contribution in [0.2, 0.25) is 0 Å². The smallest absolute Gasteiger partial charge is 0.294 e. The number of sulfonamides is 1. The molecule has 0 saturated carbocycles. The largest absolute Gasteiger partial charge is 0.497 e. The van der Waals surface area contributed by atoms with Crippen LogP contribution >= 0.6 is 0 Å². The number of anilines is 1. The van der Waals surface area contributed by atoms with E-state index in [9.17, 15) is 26.9 Å². The first kappa shape index (κ1) is 18.7. The number of ether oxygens (including phenoxy) is 1. The number of methoxy groups -OCH3 is 1. The van der Waals surface area contributed by atoms with E-state index in [1.165, 1.54) is 31.4 Å². The minimum Gasteiger partial charge on any atom is -0.497 e. The van der Waals surface area contributed by atoms with Gasteiger partial charge in [0.2, 0.25) is 19.9 Å². The summed E-state index contributed by atoms with van der Waals surface area (Å²) in [4.78, 5) is 9.90. The third-order valence-electron chi connectivity index (χ3n) is 3.14. The van der Waals surface area contributed by atoms with E-state index in [-0.39, 0.29) is 15.5 Å². The molecule has 11 heteroatoms. The maximum absolute atomic E-state index is 12.6. The summed E-state index contributed by atoms with van der Waals surface area (Å²) >= 11 is 0. The summed E-state index contributed by atoms with van der Waals surface area (Å²) < 4.78 is 54.7. The van der Waals surface area contributed by atoms with E-state index >= 15 is 0 Å². The Hall–Kier alpha value is -2.66. The Morgan fingerprint density at radius 1 is 1.00 bits per heavy atom. The minimum absolute atomic E-state index is 0.0774. The summed E-state index contributed by atoms with van der Waals surface area (Å²) in [6, 6.07) is 8.45. The Labute approximate surface area is 144 Å². The van der Waals surface area contributed by atoms with E-state index < -0.39 is 30.5 Å². The van der Waals surface area contributed by atoms with Crippen LogP contribution in [0, 0.1) is 10.1 Å². The molecule has 0 aromatic heterocycles. The molecular formula is C14H14N2O7S2. The van der Waals surface area contributed by atoms with Crippen molar-refractivity contribution in [2.75, 3.05) is 18.1 Å². The van der Waals surface area contributed by atoms with Gasteiger partial charge in [0.15, 0.2) is 0 Å². The van der Waals surface area contributed by atoms with Gasteiger partial charge in [0.05, 0.1) is 28.1 Å². The summed E-state index contributed by atoms with van der Waals surface area (Å²) in [6.07, 6.45) is 0.832. The predicted octanol–water partition coefficient (Wildman–Crippen LogP) is 1.81. The van der Waals surface area contributed by atoms with Gasteiger partial charge in [-0.1, -0.05) is 0 Å². The molecule has 0 unspecified atom stereocenters. The maximum Gasteiger partial charge on any atom is 0.294 e. The molecule has 0 aliphatic carbocycles. The summed E-state index contributed by atoms with van der Waals surface area (Å²) in [5.41, 5.74) is -0.985. The highest BCUT2D eigenvalue weighted by atomic mass is 32.2. The van der Waals surface area contributed by atoms with Crippen molar-refractivity contribution in [2.45, 2.75) is 9.79 Å². The summed E-state index contributed by atoms with van der Waals surface area (Å²) in [6.45, 7) is 0. The average Bonchev–Trinajstić information content (AvgIpc) is 2.53. The topological polar surface area (TPSA) is 133 Å². The molecule has 25 heavy (non-hydrogen) atoms. The standard InChI is InChI=1S/C14H14N2O7S2/c1-23-10-3-5-11(6-4-10)25(21,22)12-7-8-13(15-24(2,19)20)14(9-12)16(17)18/h3-9,15H,1-2H3. The molecular weight excluding hydrogens is 372 g/mol. The average molecular weight is 386 g/mol. The van der Waals surface area contributed by atoms with Gasteiger partial charge < -0.3 is 4.74 Å². The summed E-state index contributed by atoms with van der Waals surface area (Å²) in [5.74, 6) is 0.456. The summed E-state index contributed by atoms with van der Waals surface area (Å²) in [5, 5.41) is 11.2. The Bertz CT molecular complexity index is 1010. The SMILES string of the molecule is COc1ccc(S(=O)(=O)c2ccc(NS(C)(=O)=O)c([N+](=O)[O-])c2)cc1. The van der Waals surface area contributed by atoms with Crippen molar-refractivity contribution >= 4 is 31.2 Å². The number of benzene rings is 2. The Morgan fingerprint density at radius 2 is 1.56 bits per heavy atom. The second-order valence-electron chi connectivity index (χ2n) is 4.99. The van der Waals surface area contributed by atoms with Gasteiger partial charge in [0, 0.05) is 6.07 Å². The van der Waals surface area contributed by atoms with E-state index in [0.29, 0.717) is 5.75 Å². The highest BCUT2D eigenvalue weighted by molar-refractivity contribution is 7.92. The molecule has 0 aliphatic rings. The fourth-order valence-corrected chi connectivity index (χ4v) is 3.86. The van der Waals surface area contributed by atoms with E-state index in [0.717, 1.165) is 24.5 Å². The number of nitro benzene ring substituents is 1. The molecule has 1 N–H and O–H groups in total. The lowest BCUT2D eigenvalue weighted by molar-refractivity contribution is -0.384. The van der Waals surface area contributed by atoms with Crippen molar-refractivity contribution in [3.8, 4) is 5.75 Å². The van der Waals surface area contributed by atoms with Crippen LogP contribution in [0.3, 0.4) is 0 Å². The van der Waals surface area contributed by atoms with Crippen molar-refractivity contribution in [2.24, 2.45) is 0 Å². The van der Waals surface area contributed by atoms with Crippen LogP contribution in [-0.2, 0) is 19.9 Å². The van der Waals surface area contributed by atoms with E-state index in [4.69, 9.17) is 4.74 Å². The van der Waals surface area contributed by atoms with E-state index in [1.807, 2.05) is 4.72 Å². The van der Waals surface area contributed by atoms with Crippen LogP contribution in [0.4, 0.5) is 11.4 Å². The van der Waals surface area contributed by atoms with Gasteiger partial charge in [-0.2, -0.15) is 0 Å².